The molecule has 3 nitrogen and oxygen atoms in total. The van der Waals surface area contributed by atoms with Crippen LogP contribution in [0.5, 0.6) is 0 Å². The monoisotopic (exact) mass is 373 g/mol. The van der Waals surface area contributed by atoms with E-state index in [9.17, 15) is 0 Å². The van der Waals surface area contributed by atoms with Crippen LogP contribution >= 0.6 is 39.3 Å². The number of halogens is 2. The molecule has 2 aromatic rings. The van der Waals surface area contributed by atoms with Crippen molar-refractivity contribution in [3.05, 3.63) is 22.6 Å². The van der Waals surface area contributed by atoms with Gasteiger partial charge in [-0.15, -0.1) is 11.6 Å². The fraction of sp³-hybridized carbons (Fsp3) is 0.571. The molecule has 0 N–H and O–H groups in total. The number of thioether (sulfide) groups is 1. The molecule has 108 valence electrons. The van der Waals surface area contributed by atoms with E-state index in [-0.39, 0.29) is 0 Å². The highest BCUT2D eigenvalue weighted by Gasteiger charge is 2.31. The molecular weight excluding hydrogens is 358 g/mol. The first kappa shape index (κ1) is 14.7. The van der Waals surface area contributed by atoms with E-state index < -0.39 is 0 Å². The summed E-state index contributed by atoms with van der Waals surface area (Å²) >= 11 is 11.4. The molecule has 0 amide bonds. The molecule has 2 heterocycles. The maximum atomic E-state index is 5.96. The zero-order chi connectivity index (χ0) is 14.1. The Hall–Kier alpha value is -0.260. The van der Waals surface area contributed by atoms with E-state index in [1.165, 1.54) is 19.3 Å². The lowest BCUT2D eigenvalue weighted by atomic mass is 10.2. The van der Waals surface area contributed by atoms with Gasteiger partial charge in [-0.1, -0.05) is 6.42 Å². The molecule has 20 heavy (non-hydrogen) atoms. The van der Waals surface area contributed by atoms with Crippen molar-refractivity contribution in [1.82, 2.24) is 14.5 Å². The average Bonchev–Trinajstić information content (AvgIpc) is 3.01. The molecule has 1 aliphatic carbocycles. The highest BCUT2D eigenvalue weighted by Crippen LogP contribution is 2.39. The van der Waals surface area contributed by atoms with Crippen LogP contribution < -0.4 is 0 Å². The van der Waals surface area contributed by atoms with Gasteiger partial charge in [0, 0.05) is 34.3 Å². The first-order valence-corrected chi connectivity index (χ1v) is 9.47. The molecule has 0 aromatic carbocycles. The van der Waals surface area contributed by atoms with Crippen LogP contribution in [0.3, 0.4) is 0 Å². The molecule has 0 aliphatic heterocycles. The smallest absolute Gasteiger partial charge is 0.160 e. The van der Waals surface area contributed by atoms with Crippen molar-refractivity contribution in [3.8, 4) is 0 Å². The summed E-state index contributed by atoms with van der Waals surface area (Å²) in [6.07, 6.45) is 8.63. The van der Waals surface area contributed by atoms with Crippen LogP contribution in [0.25, 0.3) is 11.2 Å². The molecule has 2 atom stereocenters. The molecule has 2 unspecified atom stereocenters. The van der Waals surface area contributed by atoms with Crippen molar-refractivity contribution in [3.63, 3.8) is 0 Å². The number of hydrogen-bond acceptors (Lipinski definition) is 3. The van der Waals surface area contributed by atoms with Crippen molar-refractivity contribution in [1.29, 1.82) is 0 Å². The molecule has 0 spiro atoms. The summed E-state index contributed by atoms with van der Waals surface area (Å²) in [6.45, 7) is 0. The molecule has 0 radical (unpaired) electrons. The molecule has 0 saturated heterocycles. The summed E-state index contributed by atoms with van der Waals surface area (Å²) < 4.78 is 3.32. The lowest BCUT2D eigenvalue weighted by Gasteiger charge is -2.21. The van der Waals surface area contributed by atoms with Gasteiger partial charge in [0.05, 0.1) is 0 Å². The van der Waals surface area contributed by atoms with E-state index in [0.717, 1.165) is 27.9 Å². The summed E-state index contributed by atoms with van der Waals surface area (Å²) in [7, 11) is 0. The third kappa shape index (κ3) is 2.60. The standard InChI is InChI=1S/C14H17BrClN3S/c1-20-12-4-2-3-11(12)19-13(5-6-16)18-10-7-9(15)8-17-14(10)19/h7-8,11-12H,2-6H2,1H3. The number of pyridine rings is 1. The minimum Gasteiger partial charge on any atom is -0.308 e. The topological polar surface area (TPSA) is 30.7 Å². The summed E-state index contributed by atoms with van der Waals surface area (Å²) in [5.74, 6) is 1.67. The van der Waals surface area contributed by atoms with Crippen LogP contribution in [0.4, 0.5) is 0 Å². The molecule has 3 rings (SSSR count). The van der Waals surface area contributed by atoms with E-state index in [1.54, 1.807) is 0 Å². The van der Waals surface area contributed by atoms with Crippen molar-refractivity contribution in [2.45, 2.75) is 37.0 Å². The number of aromatic nitrogens is 3. The van der Waals surface area contributed by atoms with Gasteiger partial charge in [0.15, 0.2) is 5.65 Å². The van der Waals surface area contributed by atoms with Crippen LogP contribution in [-0.4, -0.2) is 31.9 Å². The Kier molecular flexibility index (Phi) is 4.58. The quantitative estimate of drug-likeness (QED) is 0.742. The van der Waals surface area contributed by atoms with Crippen LogP contribution in [0.15, 0.2) is 16.7 Å². The second-order valence-corrected chi connectivity index (χ2v) is 7.48. The van der Waals surface area contributed by atoms with Gasteiger partial charge in [0.25, 0.3) is 0 Å². The highest BCUT2D eigenvalue weighted by atomic mass is 79.9. The Bertz CT molecular complexity index is 616. The minimum atomic E-state index is 0.502. The Balaban J connectivity index is 2.13. The molecular formula is C14H17BrClN3S. The van der Waals surface area contributed by atoms with E-state index in [2.05, 4.69) is 31.7 Å². The number of alkyl halides is 1. The fourth-order valence-corrected chi connectivity index (χ4v) is 4.55. The summed E-state index contributed by atoms with van der Waals surface area (Å²) in [6, 6.07) is 2.54. The molecule has 1 aliphatic rings. The normalized spacial score (nSPS) is 22.8. The maximum absolute atomic E-state index is 5.96. The average molecular weight is 375 g/mol. The second-order valence-electron chi connectivity index (χ2n) is 5.11. The van der Waals surface area contributed by atoms with Crippen LogP contribution in [0.2, 0.25) is 0 Å². The van der Waals surface area contributed by atoms with Gasteiger partial charge in [-0.3, -0.25) is 0 Å². The predicted molar refractivity (Wildman–Crippen MR) is 89.8 cm³/mol. The van der Waals surface area contributed by atoms with Gasteiger partial charge in [0.1, 0.15) is 11.3 Å². The summed E-state index contributed by atoms with van der Waals surface area (Å²) in [4.78, 5) is 9.35. The number of aryl methyl sites for hydroxylation is 1. The lowest BCUT2D eigenvalue weighted by molar-refractivity contribution is 0.519. The van der Waals surface area contributed by atoms with Crippen molar-refractivity contribution in [2.24, 2.45) is 0 Å². The lowest BCUT2D eigenvalue weighted by Crippen LogP contribution is -2.18. The second kappa shape index (κ2) is 6.24. The number of fused-ring (bicyclic) bond motifs is 1. The predicted octanol–water partition coefficient (Wildman–Crippen LogP) is 4.43. The Morgan fingerprint density at radius 3 is 3.10 bits per heavy atom. The molecule has 1 fully saturated rings. The van der Waals surface area contributed by atoms with Crippen LogP contribution in [0.1, 0.15) is 31.1 Å². The largest absolute Gasteiger partial charge is 0.308 e. The number of rotatable bonds is 4. The van der Waals surface area contributed by atoms with Gasteiger partial charge in [-0.2, -0.15) is 11.8 Å². The molecule has 6 heteroatoms. The van der Waals surface area contributed by atoms with E-state index in [1.807, 2.05) is 24.0 Å². The maximum Gasteiger partial charge on any atom is 0.160 e. The third-order valence-corrected chi connectivity index (χ3v) is 5.72. The number of hydrogen-bond donors (Lipinski definition) is 0. The van der Waals surface area contributed by atoms with Crippen LogP contribution in [0, 0.1) is 0 Å². The zero-order valence-corrected chi connectivity index (χ0v) is 14.5. The zero-order valence-electron chi connectivity index (χ0n) is 11.4. The van der Waals surface area contributed by atoms with Crippen molar-refractivity contribution >= 4 is 50.5 Å². The first-order chi connectivity index (χ1) is 9.74. The number of nitrogens with zero attached hydrogens (tertiary/aromatic N) is 3. The Labute approximate surface area is 136 Å². The molecule has 0 bridgehead atoms. The molecule has 1 saturated carbocycles. The van der Waals surface area contributed by atoms with Crippen molar-refractivity contribution < 1.29 is 0 Å². The summed E-state index contributed by atoms with van der Waals surface area (Å²) in [5.41, 5.74) is 1.96. The fourth-order valence-electron chi connectivity index (χ4n) is 3.09. The minimum absolute atomic E-state index is 0.502. The van der Waals surface area contributed by atoms with E-state index in [4.69, 9.17) is 16.6 Å². The van der Waals surface area contributed by atoms with E-state index >= 15 is 0 Å². The third-order valence-electron chi connectivity index (χ3n) is 3.94. The van der Waals surface area contributed by atoms with Crippen molar-refractivity contribution in [2.75, 3.05) is 12.1 Å². The Morgan fingerprint density at radius 1 is 1.50 bits per heavy atom. The van der Waals surface area contributed by atoms with Gasteiger partial charge < -0.3 is 4.57 Å². The molecule has 2 aromatic heterocycles. The first-order valence-electron chi connectivity index (χ1n) is 6.85. The van der Waals surface area contributed by atoms with Crippen LogP contribution in [-0.2, 0) is 6.42 Å². The SMILES string of the molecule is CSC1CCCC1n1c(CCCl)nc2cc(Br)cnc21. The van der Waals surface area contributed by atoms with Gasteiger partial charge in [-0.25, -0.2) is 9.97 Å². The Morgan fingerprint density at radius 2 is 2.35 bits per heavy atom. The highest BCUT2D eigenvalue weighted by molar-refractivity contribution is 9.10. The van der Waals surface area contributed by atoms with Gasteiger partial charge in [-0.05, 0) is 41.1 Å². The summed E-state index contributed by atoms with van der Waals surface area (Å²) in [5, 5.41) is 0.659. The van der Waals surface area contributed by atoms with E-state index in [0.29, 0.717) is 17.2 Å². The number of imidazole rings is 1. The van der Waals surface area contributed by atoms with Gasteiger partial charge in [0.2, 0.25) is 0 Å². The van der Waals surface area contributed by atoms with Gasteiger partial charge >= 0.3 is 0 Å².